The maximum absolute atomic E-state index is 12.1. The molecule has 2 rings (SSSR count). The summed E-state index contributed by atoms with van der Waals surface area (Å²) in [6.45, 7) is 4.14. The van der Waals surface area contributed by atoms with E-state index in [2.05, 4.69) is 13.8 Å². The molecule has 2 aromatic carbocycles. The summed E-state index contributed by atoms with van der Waals surface area (Å²) in [6, 6.07) is 14.5. The topological polar surface area (TPSA) is 35.5 Å². The first-order valence-electron chi connectivity index (χ1n) is 6.57. The molecule has 0 amide bonds. The van der Waals surface area contributed by atoms with Gasteiger partial charge in [-0.05, 0) is 41.8 Å². The zero-order chi connectivity index (χ0) is 14.5. The zero-order valence-corrected chi connectivity index (χ0v) is 11.9. The summed E-state index contributed by atoms with van der Waals surface area (Å²) >= 11 is 0. The molecule has 3 heteroatoms. The highest BCUT2D eigenvalue weighted by Gasteiger charge is 2.13. The van der Waals surface area contributed by atoms with Gasteiger partial charge in [0.25, 0.3) is 0 Å². The molecule has 0 aliphatic heterocycles. The molecule has 0 unspecified atom stereocenters. The van der Waals surface area contributed by atoms with E-state index in [1.807, 2.05) is 24.3 Å². The van der Waals surface area contributed by atoms with Crippen molar-refractivity contribution in [2.75, 3.05) is 7.11 Å². The fraction of sp³-hybridized carbons (Fsp3) is 0.235. The van der Waals surface area contributed by atoms with Crippen LogP contribution >= 0.6 is 0 Å². The molecule has 0 saturated heterocycles. The van der Waals surface area contributed by atoms with Gasteiger partial charge in [0.05, 0.1) is 12.7 Å². The first-order chi connectivity index (χ1) is 9.61. The van der Waals surface area contributed by atoms with Crippen molar-refractivity contribution >= 4 is 5.97 Å². The Morgan fingerprint density at radius 2 is 1.65 bits per heavy atom. The molecule has 20 heavy (non-hydrogen) atoms. The number of hydrogen-bond donors (Lipinski definition) is 0. The molecule has 104 valence electrons. The first kappa shape index (κ1) is 14.1. The number of ether oxygens (including phenoxy) is 2. The lowest BCUT2D eigenvalue weighted by atomic mass is 10.0. The fourth-order valence-electron chi connectivity index (χ4n) is 1.94. The minimum atomic E-state index is -0.360. The summed E-state index contributed by atoms with van der Waals surface area (Å²) in [4.78, 5) is 12.1. The van der Waals surface area contributed by atoms with Crippen molar-refractivity contribution in [1.29, 1.82) is 0 Å². The molecule has 0 spiro atoms. The van der Waals surface area contributed by atoms with Crippen molar-refractivity contribution in [2.24, 2.45) is 0 Å². The number of carbonyl (C=O) groups is 1. The number of para-hydroxylation sites is 1. The molecule has 0 aliphatic rings. The van der Waals surface area contributed by atoms with Crippen LogP contribution in [-0.2, 0) is 0 Å². The SMILES string of the molecule is COc1ccc(C(=O)Oc2ccccc2C(C)C)cc1. The number of esters is 1. The number of rotatable bonds is 4. The Bertz CT molecular complexity index is 585. The van der Waals surface area contributed by atoms with E-state index < -0.39 is 0 Å². The highest BCUT2D eigenvalue weighted by Crippen LogP contribution is 2.26. The van der Waals surface area contributed by atoms with E-state index in [0.29, 0.717) is 23.0 Å². The number of hydrogen-bond acceptors (Lipinski definition) is 3. The van der Waals surface area contributed by atoms with E-state index in [9.17, 15) is 4.79 Å². The van der Waals surface area contributed by atoms with Crippen LogP contribution in [0.1, 0.15) is 35.7 Å². The van der Waals surface area contributed by atoms with Gasteiger partial charge < -0.3 is 9.47 Å². The maximum atomic E-state index is 12.1. The van der Waals surface area contributed by atoms with Gasteiger partial charge in [0.1, 0.15) is 11.5 Å². The Morgan fingerprint density at radius 1 is 1.00 bits per heavy atom. The Labute approximate surface area is 119 Å². The molecule has 0 bridgehead atoms. The van der Waals surface area contributed by atoms with E-state index in [1.165, 1.54) is 0 Å². The van der Waals surface area contributed by atoms with E-state index in [1.54, 1.807) is 31.4 Å². The van der Waals surface area contributed by atoms with Crippen LogP contribution in [0.15, 0.2) is 48.5 Å². The molecule has 0 aromatic heterocycles. The zero-order valence-electron chi connectivity index (χ0n) is 11.9. The van der Waals surface area contributed by atoms with Gasteiger partial charge in [0.2, 0.25) is 0 Å². The van der Waals surface area contributed by atoms with Crippen molar-refractivity contribution < 1.29 is 14.3 Å². The third-order valence-electron chi connectivity index (χ3n) is 3.07. The molecule has 0 atom stereocenters. The maximum Gasteiger partial charge on any atom is 0.343 e. The van der Waals surface area contributed by atoms with Crippen LogP contribution in [0.5, 0.6) is 11.5 Å². The minimum Gasteiger partial charge on any atom is -0.497 e. The Kier molecular flexibility index (Phi) is 4.41. The second-order valence-corrected chi connectivity index (χ2v) is 4.81. The normalized spacial score (nSPS) is 10.4. The molecule has 0 fully saturated rings. The highest BCUT2D eigenvalue weighted by atomic mass is 16.5. The molecule has 0 radical (unpaired) electrons. The monoisotopic (exact) mass is 270 g/mol. The molecule has 0 aliphatic carbocycles. The van der Waals surface area contributed by atoms with E-state index in [0.717, 1.165) is 5.56 Å². The summed E-state index contributed by atoms with van der Waals surface area (Å²) in [5.41, 5.74) is 1.53. The molecular formula is C17H18O3. The van der Waals surface area contributed by atoms with Gasteiger partial charge in [-0.2, -0.15) is 0 Å². The van der Waals surface area contributed by atoms with Crippen LogP contribution in [-0.4, -0.2) is 13.1 Å². The molecule has 3 nitrogen and oxygen atoms in total. The van der Waals surface area contributed by atoms with Gasteiger partial charge >= 0.3 is 5.97 Å². The summed E-state index contributed by atoms with van der Waals surface area (Å²) in [5, 5.41) is 0. The Morgan fingerprint density at radius 3 is 2.25 bits per heavy atom. The van der Waals surface area contributed by atoms with Gasteiger partial charge in [-0.3, -0.25) is 0 Å². The summed E-state index contributed by atoms with van der Waals surface area (Å²) in [5.74, 6) is 1.27. The number of carbonyl (C=O) groups excluding carboxylic acids is 1. The largest absolute Gasteiger partial charge is 0.497 e. The van der Waals surface area contributed by atoms with E-state index in [-0.39, 0.29) is 5.97 Å². The van der Waals surface area contributed by atoms with E-state index >= 15 is 0 Å². The Balaban J connectivity index is 2.19. The van der Waals surface area contributed by atoms with Crippen molar-refractivity contribution in [2.45, 2.75) is 19.8 Å². The quantitative estimate of drug-likeness (QED) is 0.621. The van der Waals surface area contributed by atoms with Gasteiger partial charge in [-0.1, -0.05) is 32.0 Å². The summed E-state index contributed by atoms with van der Waals surface area (Å²) < 4.78 is 10.6. The lowest BCUT2D eigenvalue weighted by molar-refractivity contribution is 0.0733. The number of methoxy groups -OCH3 is 1. The summed E-state index contributed by atoms with van der Waals surface area (Å²) in [7, 11) is 1.59. The number of benzene rings is 2. The van der Waals surface area contributed by atoms with Gasteiger partial charge in [0, 0.05) is 0 Å². The third-order valence-corrected chi connectivity index (χ3v) is 3.07. The first-order valence-corrected chi connectivity index (χ1v) is 6.57. The van der Waals surface area contributed by atoms with Crippen LogP contribution in [0, 0.1) is 0 Å². The van der Waals surface area contributed by atoms with Gasteiger partial charge in [-0.15, -0.1) is 0 Å². The van der Waals surface area contributed by atoms with E-state index in [4.69, 9.17) is 9.47 Å². The molecule has 0 N–H and O–H groups in total. The third kappa shape index (κ3) is 3.18. The predicted octanol–water partition coefficient (Wildman–Crippen LogP) is 4.04. The second-order valence-electron chi connectivity index (χ2n) is 4.81. The lowest BCUT2D eigenvalue weighted by Crippen LogP contribution is -2.10. The Hall–Kier alpha value is -2.29. The molecular weight excluding hydrogens is 252 g/mol. The fourth-order valence-corrected chi connectivity index (χ4v) is 1.94. The predicted molar refractivity (Wildman–Crippen MR) is 78.5 cm³/mol. The minimum absolute atomic E-state index is 0.301. The van der Waals surface area contributed by atoms with Crippen LogP contribution < -0.4 is 9.47 Å². The van der Waals surface area contributed by atoms with Crippen molar-refractivity contribution in [3.8, 4) is 11.5 Å². The van der Waals surface area contributed by atoms with Crippen molar-refractivity contribution in [3.63, 3.8) is 0 Å². The van der Waals surface area contributed by atoms with Crippen LogP contribution in [0.25, 0.3) is 0 Å². The molecule has 0 heterocycles. The van der Waals surface area contributed by atoms with Crippen molar-refractivity contribution in [1.82, 2.24) is 0 Å². The smallest absolute Gasteiger partial charge is 0.343 e. The average Bonchev–Trinajstić information content (AvgIpc) is 2.47. The summed E-state index contributed by atoms with van der Waals surface area (Å²) in [6.07, 6.45) is 0. The average molecular weight is 270 g/mol. The standard InChI is InChI=1S/C17H18O3/c1-12(2)15-6-4-5-7-16(15)20-17(18)13-8-10-14(19-3)11-9-13/h4-12H,1-3H3. The van der Waals surface area contributed by atoms with Crippen LogP contribution in [0.2, 0.25) is 0 Å². The molecule has 0 saturated carbocycles. The van der Waals surface area contributed by atoms with Crippen LogP contribution in [0.3, 0.4) is 0 Å². The second kappa shape index (κ2) is 6.24. The van der Waals surface area contributed by atoms with Crippen molar-refractivity contribution in [3.05, 3.63) is 59.7 Å². The van der Waals surface area contributed by atoms with Gasteiger partial charge in [-0.25, -0.2) is 4.79 Å². The lowest BCUT2D eigenvalue weighted by Gasteiger charge is -2.12. The van der Waals surface area contributed by atoms with Crippen LogP contribution in [0.4, 0.5) is 0 Å². The molecule has 2 aromatic rings. The van der Waals surface area contributed by atoms with Gasteiger partial charge in [0.15, 0.2) is 0 Å². The highest BCUT2D eigenvalue weighted by molar-refractivity contribution is 5.91.